The highest BCUT2D eigenvalue weighted by molar-refractivity contribution is 6.31. The van der Waals surface area contributed by atoms with E-state index in [0.717, 1.165) is 12.0 Å². The molecule has 1 heterocycles. The normalized spacial score (nSPS) is 12.0. The Bertz CT molecular complexity index is 1530. The second-order valence-corrected chi connectivity index (χ2v) is 11.4. The van der Waals surface area contributed by atoms with Crippen LogP contribution in [0, 0.1) is 0 Å². The Morgan fingerprint density at radius 3 is 2.38 bits per heavy atom. The van der Waals surface area contributed by atoms with Crippen molar-refractivity contribution < 1.29 is 23.9 Å². The van der Waals surface area contributed by atoms with Crippen molar-refractivity contribution in [2.45, 2.75) is 52.2 Å². The number of aromatic amines is 1. The minimum atomic E-state index is -1.14. The summed E-state index contributed by atoms with van der Waals surface area (Å²) in [4.78, 5) is 44.0. The third-order valence-electron chi connectivity index (χ3n) is 6.56. The number of hydrogen-bond donors (Lipinski definition) is 2. The number of fused-ring (bicyclic) bond motifs is 1. The van der Waals surface area contributed by atoms with Crippen molar-refractivity contribution in [3.8, 4) is 5.75 Å². The number of rotatable bonds is 12. The van der Waals surface area contributed by atoms with Crippen molar-refractivity contribution in [1.29, 1.82) is 0 Å². The number of halogens is 1. The molecular weight excluding hydrogens is 554 g/mol. The fraction of sp³-hybridized carbons (Fsp3) is 0.303. The van der Waals surface area contributed by atoms with E-state index in [1.807, 2.05) is 63.2 Å². The standard InChI is InChI=1S/C33H36ClN3O5/c1-5-41-32(40)29-28(26-16-13-24(34)19-27(26)35-29)30(31(39)36-33(2,3)4)37(21-38)20-23-11-14-25(15-12-23)42-18-17-22-9-7-6-8-10-22/h6-16,19,21,30,35H,5,17-18,20H2,1-4H3,(H,36,39). The largest absolute Gasteiger partial charge is 0.493 e. The fourth-order valence-electron chi connectivity index (χ4n) is 4.75. The Kier molecular flexibility index (Phi) is 9.91. The van der Waals surface area contributed by atoms with E-state index in [-0.39, 0.29) is 18.8 Å². The Labute approximate surface area is 251 Å². The number of nitrogens with one attached hydrogen (secondary N) is 2. The first kappa shape index (κ1) is 30.7. The molecule has 8 nitrogen and oxygen atoms in total. The lowest BCUT2D eigenvalue weighted by Gasteiger charge is -2.31. The second-order valence-electron chi connectivity index (χ2n) is 11.0. The van der Waals surface area contributed by atoms with E-state index in [2.05, 4.69) is 22.4 Å². The monoisotopic (exact) mass is 589 g/mol. The summed E-state index contributed by atoms with van der Waals surface area (Å²) in [5.74, 6) is -0.361. The molecule has 0 radical (unpaired) electrons. The number of nitrogens with zero attached hydrogens (tertiary/aromatic N) is 1. The number of esters is 1. The van der Waals surface area contributed by atoms with E-state index in [4.69, 9.17) is 21.1 Å². The minimum absolute atomic E-state index is 0.0946. The van der Waals surface area contributed by atoms with E-state index in [9.17, 15) is 14.4 Å². The minimum Gasteiger partial charge on any atom is -0.493 e. The van der Waals surface area contributed by atoms with Crippen LogP contribution in [0.5, 0.6) is 5.75 Å². The summed E-state index contributed by atoms with van der Waals surface area (Å²) in [5.41, 5.74) is 2.37. The van der Waals surface area contributed by atoms with Crippen LogP contribution in [0.25, 0.3) is 10.9 Å². The predicted molar refractivity (Wildman–Crippen MR) is 164 cm³/mol. The van der Waals surface area contributed by atoms with E-state index < -0.39 is 23.5 Å². The molecule has 0 fully saturated rings. The first-order valence-corrected chi connectivity index (χ1v) is 14.2. The first-order valence-electron chi connectivity index (χ1n) is 13.9. The number of hydrogen-bond acceptors (Lipinski definition) is 5. The summed E-state index contributed by atoms with van der Waals surface area (Å²) in [6.45, 7) is 8.04. The van der Waals surface area contributed by atoms with Gasteiger partial charge in [0.2, 0.25) is 12.3 Å². The molecule has 1 unspecified atom stereocenters. The van der Waals surface area contributed by atoms with Crippen molar-refractivity contribution in [2.75, 3.05) is 13.2 Å². The molecule has 3 aromatic carbocycles. The molecule has 42 heavy (non-hydrogen) atoms. The maximum absolute atomic E-state index is 13.9. The van der Waals surface area contributed by atoms with Gasteiger partial charge < -0.3 is 24.7 Å². The van der Waals surface area contributed by atoms with Gasteiger partial charge >= 0.3 is 5.97 Å². The molecule has 0 spiro atoms. The smallest absolute Gasteiger partial charge is 0.355 e. The zero-order chi connectivity index (χ0) is 30.3. The summed E-state index contributed by atoms with van der Waals surface area (Å²) in [5, 5.41) is 4.02. The van der Waals surface area contributed by atoms with Gasteiger partial charge in [-0.2, -0.15) is 0 Å². The van der Waals surface area contributed by atoms with Crippen LogP contribution in [0.1, 0.15) is 60.9 Å². The zero-order valence-corrected chi connectivity index (χ0v) is 25.0. The fourth-order valence-corrected chi connectivity index (χ4v) is 4.92. The van der Waals surface area contributed by atoms with E-state index in [1.165, 1.54) is 10.5 Å². The number of amides is 2. The van der Waals surface area contributed by atoms with Gasteiger partial charge in [-0.05, 0) is 63.1 Å². The molecule has 220 valence electrons. The van der Waals surface area contributed by atoms with E-state index in [0.29, 0.717) is 40.3 Å². The Morgan fingerprint density at radius 2 is 1.74 bits per heavy atom. The van der Waals surface area contributed by atoms with Crippen molar-refractivity contribution in [2.24, 2.45) is 0 Å². The maximum atomic E-state index is 13.9. The van der Waals surface area contributed by atoms with Gasteiger partial charge in [-0.15, -0.1) is 0 Å². The summed E-state index contributed by atoms with van der Waals surface area (Å²) in [6.07, 6.45) is 1.41. The molecule has 0 saturated carbocycles. The highest BCUT2D eigenvalue weighted by Gasteiger charge is 2.36. The molecule has 0 aliphatic heterocycles. The van der Waals surface area contributed by atoms with Gasteiger partial charge in [-0.1, -0.05) is 60.1 Å². The van der Waals surface area contributed by atoms with Crippen LogP contribution in [-0.2, 0) is 27.3 Å². The molecular formula is C33H36ClN3O5. The van der Waals surface area contributed by atoms with Crippen molar-refractivity contribution in [3.63, 3.8) is 0 Å². The van der Waals surface area contributed by atoms with Crippen LogP contribution in [0.3, 0.4) is 0 Å². The Morgan fingerprint density at radius 1 is 1.02 bits per heavy atom. The summed E-state index contributed by atoms with van der Waals surface area (Å²) in [7, 11) is 0. The number of benzene rings is 3. The lowest BCUT2D eigenvalue weighted by Crippen LogP contribution is -2.47. The summed E-state index contributed by atoms with van der Waals surface area (Å²) in [6, 6.07) is 21.4. The van der Waals surface area contributed by atoms with Crippen LogP contribution in [0.4, 0.5) is 0 Å². The predicted octanol–water partition coefficient (Wildman–Crippen LogP) is 6.23. The van der Waals surface area contributed by atoms with E-state index in [1.54, 1.807) is 25.1 Å². The molecule has 9 heteroatoms. The van der Waals surface area contributed by atoms with Gasteiger partial charge in [-0.3, -0.25) is 9.59 Å². The average molecular weight is 590 g/mol. The second kappa shape index (κ2) is 13.6. The zero-order valence-electron chi connectivity index (χ0n) is 24.3. The van der Waals surface area contributed by atoms with Gasteiger partial charge in [-0.25, -0.2) is 4.79 Å². The molecule has 0 aliphatic carbocycles. The molecule has 4 aromatic rings. The molecule has 0 aliphatic rings. The Balaban J connectivity index is 1.65. The van der Waals surface area contributed by atoms with Gasteiger partial charge in [0.05, 0.1) is 13.2 Å². The number of carbonyl (C=O) groups is 3. The van der Waals surface area contributed by atoms with Crippen molar-refractivity contribution in [1.82, 2.24) is 15.2 Å². The van der Waals surface area contributed by atoms with Crippen LogP contribution >= 0.6 is 11.6 Å². The molecule has 2 amide bonds. The molecule has 0 saturated heterocycles. The maximum Gasteiger partial charge on any atom is 0.355 e. The van der Waals surface area contributed by atoms with Gasteiger partial charge in [0.1, 0.15) is 17.5 Å². The van der Waals surface area contributed by atoms with E-state index >= 15 is 0 Å². The van der Waals surface area contributed by atoms with Crippen molar-refractivity contribution >= 4 is 40.8 Å². The molecule has 1 atom stereocenters. The highest BCUT2D eigenvalue weighted by Crippen LogP contribution is 2.35. The molecule has 1 aromatic heterocycles. The van der Waals surface area contributed by atoms with Crippen molar-refractivity contribution in [3.05, 3.63) is 100 Å². The lowest BCUT2D eigenvalue weighted by atomic mass is 9.98. The van der Waals surface area contributed by atoms with Crippen LogP contribution < -0.4 is 10.1 Å². The average Bonchev–Trinajstić information content (AvgIpc) is 3.31. The van der Waals surface area contributed by atoms with Gasteiger partial charge in [0, 0.05) is 40.0 Å². The lowest BCUT2D eigenvalue weighted by molar-refractivity contribution is -0.134. The number of H-pyrrole nitrogens is 1. The SMILES string of the molecule is CCOC(=O)c1[nH]c2cc(Cl)ccc2c1C(C(=O)NC(C)(C)C)N(C=O)Cc1ccc(OCCc2ccccc2)cc1. The Hall–Kier alpha value is -4.30. The summed E-state index contributed by atoms with van der Waals surface area (Å²) < 4.78 is 11.2. The quantitative estimate of drug-likeness (QED) is 0.151. The number of carbonyl (C=O) groups excluding carboxylic acids is 3. The van der Waals surface area contributed by atoms with Gasteiger partial charge in [0.15, 0.2) is 0 Å². The topological polar surface area (TPSA) is 101 Å². The first-order chi connectivity index (χ1) is 20.1. The van der Waals surface area contributed by atoms with Crippen LogP contribution in [0.15, 0.2) is 72.8 Å². The summed E-state index contributed by atoms with van der Waals surface area (Å²) >= 11 is 6.23. The molecule has 4 rings (SSSR count). The number of ether oxygens (including phenoxy) is 2. The van der Waals surface area contributed by atoms with Gasteiger partial charge in [0.25, 0.3) is 0 Å². The van der Waals surface area contributed by atoms with Crippen LogP contribution in [0.2, 0.25) is 5.02 Å². The highest BCUT2D eigenvalue weighted by atomic mass is 35.5. The molecule has 0 bridgehead atoms. The third-order valence-corrected chi connectivity index (χ3v) is 6.79. The number of aromatic nitrogens is 1. The third kappa shape index (κ3) is 7.70. The molecule has 2 N–H and O–H groups in total. The van der Waals surface area contributed by atoms with Crippen LogP contribution in [-0.4, -0.2) is 46.9 Å².